The second kappa shape index (κ2) is 8.57. The average molecular weight is 364 g/mol. The molecule has 0 amide bonds. The van der Waals surface area contributed by atoms with Crippen molar-refractivity contribution in [1.29, 1.82) is 0 Å². The Balaban J connectivity index is 1.55. The number of piperidine rings is 1. The Morgan fingerprint density at radius 2 is 1.70 bits per heavy atom. The molecule has 2 aromatic carbocycles. The van der Waals surface area contributed by atoms with Crippen molar-refractivity contribution in [1.82, 2.24) is 14.5 Å². The van der Waals surface area contributed by atoms with Crippen molar-refractivity contribution in [3.05, 3.63) is 59.9 Å². The quantitative estimate of drug-likeness (QED) is 0.619. The third kappa shape index (κ3) is 4.33. The van der Waals surface area contributed by atoms with E-state index < -0.39 is 0 Å². The number of benzene rings is 2. The third-order valence-corrected chi connectivity index (χ3v) is 5.42. The molecular formula is C23H29N3O. The predicted molar refractivity (Wildman–Crippen MR) is 110 cm³/mol. The number of hydrogen-bond acceptors (Lipinski definition) is 3. The van der Waals surface area contributed by atoms with Gasteiger partial charge in [-0.2, -0.15) is 0 Å². The van der Waals surface area contributed by atoms with Crippen LogP contribution in [0, 0.1) is 0 Å². The maximum atomic E-state index is 5.56. The Hall–Kier alpha value is -2.33. The summed E-state index contributed by atoms with van der Waals surface area (Å²) in [7, 11) is 0. The van der Waals surface area contributed by atoms with Crippen LogP contribution in [0.4, 0.5) is 0 Å². The molecule has 3 aromatic rings. The zero-order valence-electron chi connectivity index (χ0n) is 16.2. The lowest BCUT2D eigenvalue weighted by Crippen LogP contribution is -2.32. The second-order valence-electron chi connectivity index (χ2n) is 7.32. The van der Waals surface area contributed by atoms with E-state index in [2.05, 4.69) is 58.0 Å². The van der Waals surface area contributed by atoms with E-state index in [4.69, 9.17) is 9.72 Å². The smallest absolute Gasteiger partial charge is 0.119 e. The van der Waals surface area contributed by atoms with Crippen LogP contribution < -0.4 is 4.74 Å². The lowest BCUT2D eigenvalue weighted by atomic mass is 10.1. The number of fused-ring (bicyclic) bond motifs is 1. The summed E-state index contributed by atoms with van der Waals surface area (Å²) in [5.74, 6) is 2.08. The van der Waals surface area contributed by atoms with Crippen LogP contribution in [0.25, 0.3) is 11.0 Å². The summed E-state index contributed by atoms with van der Waals surface area (Å²) in [5, 5.41) is 0. The summed E-state index contributed by atoms with van der Waals surface area (Å²) in [6.07, 6.45) is 4.90. The molecule has 4 heteroatoms. The van der Waals surface area contributed by atoms with Gasteiger partial charge >= 0.3 is 0 Å². The van der Waals surface area contributed by atoms with Gasteiger partial charge in [0.05, 0.1) is 17.6 Å². The highest BCUT2D eigenvalue weighted by Gasteiger charge is 2.14. The highest BCUT2D eigenvalue weighted by Crippen LogP contribution is 2.20. The summed E-state index contributed by atoms with van der Waals surface area (Å²) >= 11 is 0. The van der Waals surface area contributed by atoms with Gasteiger partial charge in [0.2, 0.25) is 0 Å². The third-order valence-electron chi connectivity index (χ3n) is 5.42. The molecule has 0 bridgehead atoms. The van der Waals surface area contributed by atoms with Crippen LogP contribution in [-0.2, 0) is 13.0 Å². The van der Waals surface area contributed by atoms with Gasteiger partial charge in [-0.1, -0.05) is 30.7 Å². The Labute approximate surface area is 161 Å². The molecule has 0 atom stereocenters. The standard InChI is InChI=1S/C23H29N3O/c1-2-27-20-12-10-19(11-13-20)18-23-24-21-8-4-5-9-22(21)26(23)17-16-25-14-6-3-7-15-25/h4-5,8-13H,2-3,6-7,14-18H2,1H3. The van der Waals surface area contributed by atoms with E-state index in [0.29, 0.717) is 6.61 Å². The zero-order valence-corrected chi connectivity index (χ0v) is 16.2. The number of rotatable bonds is 7. The van der Waals surface area contributed by atoms with Gasteiger partial charge in [-0.05, 0) is 62.7 Å². The molecule has 1 fully saturated rings. The molecule has 0 saturated carbocycles. The molecule has 0 N–H and O–H groups in total. The van der Waals surface area contributed by atoms with Crippen LogP contribution in [-0.4, -0.2) is 40.7 Å². The summed E-state index contributed by atoms with van der Waals surface area (Å²) < 4.78 is 7.98. The fraction of sp³-hybridized carbons (Fsp3) is 0.435. The molecule has 0 unspecified atom stereocenters. The summed E-state index contributed by atoms with van der Waals surface area (Å²) in [4.78, 5) is 7.54. The van der Waals surface area contributed by atoms with Crippen molar-refractivity contribution in [2.24, 2.45) is 0 Å². The van der Waals surface area contributed by atoms with Gasteiger partial charge in [0, 0.05) is 19.5 Å². The molecule has 4 rings (SSSR count). The van der Waals surface area contributed by atoms with Crippen molar-refractivity contribution in [2.75, 3.05) is 26.2 Å². The highest BCUT2D eigenvalue weighted by atomic mass is 16.5. The van der Waals surface area contributed by atoms with Crippen LogP contribution in [0.1, 0.15) is 37.6 Å². The zero-order chi connectivity index (χ0) is 18.5. The normalized spacial score (nSPS) is 15.3. The second-order valence-corrected chi connectivity index (χ2v) is 7.32. The van der Waals surface area contributed by atoms with E-state index in [1.807, 2.05) is 6.92 Å². The monoisotopic (exact) mass is 363 g/mol. The molecule has 0 radical (unpaired) electrons. The number of hydrogen-bond donors (Lipinski definition) is 0. The molecular weight excluding hydrogens is 334 g/mol. The lowest BCUT2D eigenvalue weighted by molar-refractivity contribution is 0.221. The first-order valence-electron chi connectivity index (χ1n) is 10.2. The largest absolute Gasteiger partial charge is 0.494 e. The van der Waals surface area contributed by atoms with E-state index in [1.165, 1.54) is 43.4 Å². The first-order valence-corrected chi connectivity index (χ1v) is 10.2. The average Bonchev–Trinajstić information content (AvgIpc) is 3.06. The minimum atomic E-state index is 0.700. The molecule has 2 heterocycles. The Morgan fingerprint density at radius 1 is 0.926 bits per heavy atom. The maximum Gasteiger partial charge on any atom is 0.119 e. The Morgan fingerprint density at radius 3 is 2.48 bits per heavy atom. The van der Waals surface area contributed by atoms with Gasteiger partial charge in [-0.15, -0.1) is 0 Å². The van der Waals surface area contributed by atoms with Gasteiger partial charge in [0.15, 0.2) is 0 Å². The van der Waals surface area contributed by atoms with E-state index >= 15 is 0 Å². The number of aromatic nitrogens is 2. The molecule has 142 valence electrons. The van der Waals surface area contributed by atoms with Crippen LogP contribution in [0.2, 0.25) is 0 Å². The molecule has 1 saturated heterocycles. The molecule has 27 heavy (non-hydrogen) atoms. The number of imidazole rings is 1. The van der Waals surface area contributed by atoms with Gasteiger partial charge < -0.3 is 14.2 Å². The molecule has 1 aliphatic rings. The van der Waals surface area contributed by atoms with Crippen LogP contribution in [0.15, 0.2) is 48.5 Å². The summed E-state index contributed by atoms with van der Waals surface area (Å²) in [6.45, 7) is 7.30. The Bertz CT molecular complexity index is 863. The van der Waals surface area contributed by atoms with Gasteiger partial charge in [0.1, 0.15) is 11.6 Å². The molecule has 0 aliphatic carbocycles. The van der Waals surface area contributed by atoms with E-state index in [1.54, 1.807) is 0 Å². The fourth-order valence-electron chi connectivity index (χ4n) is 3.99. The van der Waals surface area contributed by atoms with Crippen molar-refractivity contribution in [2.45, 2.75) is 39.2 Å². The van der Waals surface area contributed by atoms with Crippen molar-refractivity contribution in [3.8, 4) is 5.75 Å². The summed E-state index contributed by atoms with van der Waals surface area (Å²) in [5.41, 5.74) is 3.61. The molecule has 4 nitrogen and oxygen atoms in total. The molecule has 0 spiro atoms. The van der Waals surface area contributed by atoms with Gasteiger partial charge in [-0.3, -0.25) is 0 Å². The minimum absolute atomic E-state index is 0.700. The minimum Gasteiger partial charge on any atom is -0.494 e. The topological polar surface area (TPSA) is 30.3 Å². The maximum absolute atomic E-state index is 5.56. The first-order chi connectivity index (χ1) is 13.3. The Kier molecular flexibility index (Phi) is 5.73. The van der Waals surface area contributed by atoms with Crippen molar-refractivity contribution >= 4 is 11.0 Å². The summed E-state index contributed by atoms with van der Waals surface area (Å²) in [6, 6.07) is 16.9. The number of nitrogens with zero attached hydrogens (tertiary/aromatic N) is 3. The number of para-hydroxylation sites is 2. The van der Waals surface area contributed by atoms with Crippen LogP contribution in [0.3, 0.4) is 0 Å². The number of likely N-dealkylation sites (tertiary alicyclic amines) is 1. The van der Waals surface area contributed by atoms with Crippen LogP contribution in [0.5, 0.6) is 5.75 Å². The van der Waals surface area contributed by atoms with E-state index in [9.17, 15) is 0 Å². The number of ether oxygens (including phenoxy) is 1. The lowest BCUT2D eigenvalue weighted by Gasteiger charge is -2.26. The first kappa shape index (κ1) is 18.1. The SMILES string of the molecule is CCOc1ccc(Cc2nc3ccccc3n2CCN2CCCCC2)cc1. The molecule has 1 aliphatic heterocycles. The van der Waals surface area contributed by atoms with Crippen LogP contribution >= 0.6 is 0 Å². The highest BCUT2D eigenvalue weighted by molar-refractivity contribution is 5.76. The van der Waals surface area contributed by atoms with Crippen molar-refractivity contribution in [3.63, 3.8) is 0 Å². The van der Waals surface area contributed by atoms with E-state index in [-0.39, 0.29) is 0 Å². The predicted octanol–water partition coefficient (Wildman–Crippen LogP) is 4.51. The van der Waals surface area contributed by atoms with Crippen molar-refractivity contribution < 1.29 is 4.74 Å². The van der Waals surface area contributed by atoms with Gasteiger partial charge in [0.25, 0.3) is 0 Å². The fourth-order valence-corrected chi connectivity index (χ4v) is 3.99. The van der Waals surface area contributed by atoms with E-state index in [0.717, 1.165) is 36.6 Å². The van der Waals surface area contributed by atoms with Gasteiger partial charge in [-0.25, -0.2) is 4.98 Å². The molecule has 1 aromatic heterocycles.